The van der Waals surface area contributed by atoms with E-state index in [4.69, 9.17) is 11.6 Å². The minimum Gasteiger partial charge on any atom is -0.246 e. The van der Waals surface area contributed by atoms with Gasteiger partial charge in [-0.25, -0.2) is 24.1 Å². The molecule has 19 heavy (non-hydrogen) atoms. The number of pyridine rings is 1. The largest absolute Gasteiger partial charge is 0.284 e. The molecule has 0 amide bonds. The molecule has 0 spiro atoms. The molecule has 2 rings (SSSR count). The maximum Gasteiger partial charge on any atom is 0.284 e. The van der Waals surface area contributed by atoms with Crippen molar-refractivity contribution in [2.45, 2.75) is 11.9 Å². The van der Waals surface area contributed by atoms with Crippen LogP contribution in [-0.2, 0) is 10.0 Å². The molecule has 2 heterocycles. The van der Waals surface area contributed by atoms with Crippen molar-refractivity contribution in [2.24, 2.45) is 0 Å². The van der Waals surface area contributed by atoms with Gasteiger partial charge in [0.1, 0.15) is 5.15 Å². The molecule has 0 saturated carbocycles. The van der Waals surface area contributed by atoms with E-state index in [1.165, 1.54) is 18.3 Å². The molecular formula is C10H8ClFN4O2S. The fourth-order valence-corrected chi connectivity index (χ4v) is 2.50. The zero-order valence-electron chi connectivity index (χ0n) is 9.63. The second-order valence-electron chi connectivity index (χ2n) is 3.55. The van der Waals surface area contributed by atoms with Gasteiger partial charge < -0.3 is 0 Å². The van der Waals surface area contributed by atoms with E-state index < -0.39 is 20.9 Å². The summed E-state index contributed by atoms with van der Waals surface area (Å²) in [7, 11) is -4.20. The number of hydrogen-bond acceptors (Lipinski definition) is 5. The molecule has 9 heteroatoms. The Hall–Kier alpha value is -1.80. The molecule has 1 N–H and O–H groups in total. The van der Waals surface area contributed by atoms with E-state index in [1.807, 2.05) is 4.72 Å². The van der Waals surface area contributed by atoms with Crippen LogP contribution in [0.15, 0.2) is 29.4 Å². The van der Waals surface area contributed by atoms with Crippen LogP contribution in [0.3, 0.4) is 0 Å². The van der Waals surface area contributed by atoms with E-state index in [9.17, 15) is 12.8 Å². The van der Waals surface area contributed by atoms with Gasteiger partial charge in [0.15, 0.2) is 5.82 Å². The standard InChI is InChI=1S/C10H8ClFN4O2S/c1-6-5-8(11)15-10(14-6)16-19(17,18)9-7(12)3-2-4-13-9/h2-5H,1H3,(H,14,15,16). The van der Waals surface area contributed by atoms with Crippen LogP contribution < -0.4 is 4.72 Å². The second-order valence-corrected chi connectivity index (χ2v) is 5.54. The van der Waals surface area contributed by atoms with Crippen molar-refractivity contribution >= 4 is 27.6 Å². The van der Waals surface area contributed by atoms with Gasteiger partial charge in [-0.05, 0) is 25.1 Å². The lowest BCUT2D eigenvalue weighted by molar-refractivity contribution is 0.556. The molecule has 0 aliphatic carbocycles. The number of aryl methyl sites for hydroxylation is 1. The SMILES string of the molecule is Cc1cc(Cl)nc(NS(=O)(=O)c2ncccc2F)n1. The van der Waals surface area contributed by atoms with Crippen LogP contribution in [0, 0.1) is 12.7 Å². The van der Waals surface area contributed by atoms with E-state index >= 15 is 0 Å². The highest BCUT2D eigenvalue weighted by atomic mass is 35.5. The highest BCUT2D eigenvalue weighted by molar-refractivity contribution is 7.92. The van der Waals surface area contributed by atoms with E-state index in [0.29, 0.717) is 5.69 Å². The Morgan fingerprint density at radius 3 is 2.74 bits per heavy atom. The molecule has 0 radical (unpaired) electrons. The van der Waals surface area contributed by atoms with Crippen LogP contribution in [0.1, 0.15) is 5.69 Å². The minimum atomic E-state index is -4.20. The summed E-state index contributed by atoms with van der Waals surface area (Å²) >= 11 is 5.68. The summed E-state index contributed by atoms with van der Waals surface area (Å²) in [5.74, 6) is -1.20. The average molecular weight is 303 g/mol. The lowest BCUT2D eigenvalue weighted by Crippen LogP contribution is -2.18. The fraction of sp³-hybridized carbons (Fsp3) is 0.100. The molecule has 0 unspecified atom stereocenters. The van der Waals surface area contributed by atoms with Crippen molar-refractivity contribution in [3.05, 3.63) is 41.1 Å². The van der Waals surface area contributed by atoms with Gasteiger partial charge in [-0.1, -0.05) is 11.6 Å². The first-order valence-electron chi connectivity index (χ1n) is 5.03. The first kappa shape index (κ1) is 13.6. The molecule has 2 aromatic heterocycles. The number of sulfonamides is 1. The van der Waals surface area contributed by atoms with Gasteiger partial charge in [-0.2, -0.15) is 8.42 Å². The number of nitrogens with zero attached hydrogens (tertiary/aromatic N) is 3. The van der Waals surface area contributed by atoms with Crippen molar-refractivity contribution in [3.8, 4) is 0 Å². The smallest absolute Gasteiger partial charge is 0.246 e. The van der Waals surface area contributed by atoms with Gasteiger partial charge in [-0.3, -0.25) is 0 Å². The zero-order valence-corrected chi connectivity index (χ0v) is 11.2. The Morgan fingerprint density at radius 2 is 2.11 bits per heavy atom. The van der Waals surface area contributed by atoms with Crippen molar-refractivity contribution in [3.63, 3.8) is 0 Å². The first-order valence-corrected chi connectivity index (χ1v) is 6.89. The Balaban J connectivity index is 2.39. The maximum absolute atomic E-state index is 13.4. The van der Waals surface area contributed by atoms with E-state index in [2.05, 4.69) is 15.0 Å². The van der Waals surface area contributed by atoms with Crippen molar-refractivity contribution in [1.29, 1.82) is 0 Å². The Bertz CT molecular complexity index is 703. The lowest BCUT2D eigenvalue weighted by atomic mass is 10.5. The third kappa shape index (κ3) is 3.15. The average Bonchev–Trinajstić information content (AvgIpc) is 2.26. The topological polar surface area (TPSA) is 84.8 Å². The quantitative estimate of drug-likeness (QED) is 0.873. The van der Waals surface area contributed by atoms with E-state index in [0.717, 1.165) is 6.07 Å². The van der Waals surface area contributed by atoms with Crippen LogP contribution in [0.2, 0.25) is 5.15 Å². The predicted octanol–water partition coefficient (Wildman–Crippen LogP) is 1.77. The van der Waals surface area contributed by atoms with Gasteiger partial charge >= 0.3 is 0 Å². The molecule has 0 fully saturated rings. The Morgan fingerprint density at radius 1 is 1.37 bits per heavy atom. The summed E-state index contributed by atoms with van der Waals surface area (Å²) in [6, 6.07) is 3.74. The first-order chi connectivity index (χ1) is 8.88. The van der Waals surface area contributed by atoms with Crippen LogP contribution in [0.25, 0.3) is 0 Å². The summed E-state index contributed by atoms with van der Waals surface area (Å²) in [5, 5.41) is -0.650. The molecule has 6 nitrogen and oxygen atoms in total. The van der Waals surface area contributed by atoms with Crippen molar-refractivity contribution in [2.75, 3.05) is 4.72 Å². The highest BCUT2D eigenvalue weighted by Crippen LogP contribution is 2.16. The molecular weight excluding hydrogens is 295 g/mol. The molecule has 0 atom stereocenters. The number of halogens is 2. The summed E-state index contributed by atoms with van der Waals surface area (Å²) in [6.45, 7) is 1.62. The Labute approximate surface area is 113 Å². The molecule has 0 aromatic carbocycles. The van der Waals surface area contributed by atoms with Gasteiger partial charge in [0, 0.05) is 11.9 Å². The van der Waals surface area contributed by atoms with Gasteiger partial charge in [0.2, 0.25) is 11.0 Å². The zero-order chi connectivity index (χ0) is 14.0. The molecule has 0 aliphatic rings. The van der Waals surface area contributed by atoms with Gasteiger partial charge in [-0.15, -0.1) is 0 Å². The summed E-state index contributed by atoms with van der Waals surface area (Å²) in [6.07, 6.45) is 1.17. The van der Waals surface area contributed by atoms with Crippen LogP contribution in [0.4, 0.5) is 10.3 Å². The monoisotopic (exact) mass is 302 g/mol. The highest BCUT2D eigenvalue weighted by Gasteiger charge is 2.21. The molecule has 0 bridgehead atoms. The fourth-order valence-electron chi connectivity index (χ4n) is 1.31. The maximum atomic E-state index is 13.4. The van der Waals surface area contributed by atoms with Crippen molar-refractivity contribution < 1.29 is 12.8 Å². The van der Waals surface area contributed by atoms with Crippen LogP contribution >= 0.6 is 11.6 Å². The summed E-state index contributed by atoms with van der Waals surface area (Å²) in [4.78, 5) is 11.0. The summed E-state index contributed by atoms with van der Waals surface area (Å²) in [5.41, 5.74) is 0.471. The number of anilines is 1. The molecule has 0 saturated heterocycles. The Kier molecular flexibility index (Phi) is 3.63. The van der Waals surface area contributed by atoms with E-state index in [-0.39, 0.29) is 11.1 Å². The molecule has 100 valence electrons. The minimum absolute atomic E-state index is 0.0756. The number of hydrogen-bond donors (Lipinski definition) is 1. The third-order valence-electron chi connectivity index (χ3n) is 2.03. The number of aromatic nitrogens is 3. The number of rotatable bonds is 3. The van der Waals surface area contributed by atoms with E-state index in [1.54, 1.807) is 6.92 Å². The predicted molar refractivity (Wildman–Crippen MR) is 66.8 cm³/mol. The summed E-state index contributed by atoms with van der Waals surface area (Å²) < 4.78 is 39.2. The second kappa shape index (κ2) is 5.06. The molecule has 0 aliphatic heterocycles. The third-order valence-corrected chi connectivity index (χ3v) is 3.48. The van der Waals surface area contributed by atoms with Gasteiger partial charge in [0.25, 0.3) is 10.0 Å². The van der Waals surface area contributed by atoms with Crippen LogP contribution in [-0.4, -0.2) is 23.4 Å². The van der Waals surface area contributed by atoms with Gasteiger partial charge in [0.05, 0.1) is 0 Å². The normalized spacial score (nSPS) is 11.3. The number of nitrogens with one attached hydrogen (secondary N) is 1. The molecule has 2 aromatic rings. The lowest BCUT2D eigenvalue weighted by Gasteiger charge is -2.07. The van der Waals surface area contributed by atoms with Crippen molar-refractivity contribution in [1.82, 2.24) is 15.0 Å². The van der Waals surface area contributed by atoms with Crippen LogP contribution in [0.5, 0.6) is 0 Å².